The number of rotatable bonds is 0. The maximum absolute atomic E-state index is 9.31. The summed E-state index contributed by atoms with van der Waals surface area (Å²) in [4.78, 5) is 7.66. The van der Waals surface area contributed by atoms with Crippen molar-refractivity contribution in [2.45, 2.75) is 5.16 Å². The van der Waals surface area contributed by atoms with Gasteiger partial charge in [0.05, 0.1) is 6.20 Å². The highest BCUT2D eigenvalue weighted by molar-refractivity contribution is 7.80. The number of thiol groups is 1. The molecule has 2 aromatic rings. The lowest BCUT2D eigenvalue weighted by Crippen LogP contribution is -1.93. The van der Waals surface area contributed by atoms with Crippen molar-refractivity contribution in [3.63, 3.8) is 0 Å². The third-order valence-electron chi connectivity index (χ3n) is 1.56. The van der Waals surface area contributed by atoms with Crippen LogP contribution in [0.3, 0.4) is 0 Å². The Hall–Kier alpha value is -1.30. The van der Waals surface area contributed by atoms with Crippen LogP contribution in [0.15, 0.2) is 11.4 Å². The molecule has 2 heterocycles. The smallest absolute Gasteiger partial charge is 0.226 e. The highest BCUT2D eigenvalue weighted by atomic mass is 32.1. The quantitative estimate of drug-likeness (QED) is 0.456. The first kappa shape index (κ1) is 7.35. The molecule has 6 heteroatoms. The topological polar surface area (TPSA) is 63.8 Å². The van der Waals surface area contributed by atoms with Gasteiger partial charge in [0.2, 0.25) is 5.88 Å². The molecule has 0 saturated carbocycles. The van der Waals surface area contributed by atoms with Crippen LogP contribution in [-0.2, 0) is 7.05 Å². The molecule has 0 aliphatic heterocycles. The van der Waals surface area contributed by atoms with Gasteiger partial charge in [-0.05, 0) is 0 Å². The molecule has 1 N–H and O–H groups in total. The molecule has 0 spiro atoms. The fourth-order valence-electron chi connectivity index (χ4n) is 0.996. The Morgan fingerprint density at radius 2 is 2.25 bits per heavy atom. The van der Waals surface area contributed by atoms with Crippen LogP contribution in [0.4, 0.5) is 0 Å². The second-order valence-electron chi connectivity index (χ2n) is 2.35. The first-order valence-corrected chi connectivity index (χ1v) is 3.71. The van der Waals surface area contributed by atoms with Gasteiger partial charge in [0.1, 0.15) is 5.39 Å². The van der Waals surface area contributed by atoms with E-state index in [0.29, 0.717) is 11.0 Å². The lowest BCUT2D eigenvalue weighted by Gasteiger charge is -1.95. The minimum Gasteiger partial charge on any atom is -0.493 e. The summed E-state index contributed by atoms with van der Waals surface area (Å²) < 4.78 is 1.55. The predicted octanol–water partition coefficient (Wildman–Crippen LogP) is 0.358. The van der Waals surface area contributed by atoms with Crippen molar-refractivity contribution in [1.29, 1.82) is 0 Å². The average Bonchev–Trinajstić information content (AvgIpc) is 2.33. The van der Waals surface area contributed by atoms with E-state index in [4.69, 9.17) is 0 Å². The van der Waals surface area contributed by atoms with Gasteiger partial charge >= 0.3 is 0 Å². The Kier molecular flexibility index (Phi) is 1.44. The van der Waals surface area contributed by atoms with Crippen LogP contribution in [0.5, 0.6) is 5.88 Å². The Labute approximate surface area is 73.5 Å². The molecule has 0 saturated heterocycles. The van der Waals surface area contributed by atoms with E-state index in [-0.39, 0.29) is 11.0 Å². The van der Waals surface area contributed by atoms with Crippen LogP contribution in [0.25, 0.3) is 11.0 Å². The molecule has 12 heavy (non-hydrogen) atoms. The molecule has 62 valence electrons. The van der Waals surface area contributed by atoms with Crippen molar-refractivity contribution < 1.29 is 5.11 Å². The van der Waals surface area contributed by atoms with Crippen molar-refractivity contribution in [2.75, 3.05) is 0 Å². The molecule has 0 aromatic carbocycles. The summed E-state index contributed by atoms with van der Waals surface area (Å²) in [6.45, 7) is 0. The maximum Gasteiger partial charge on any atom is 0.226 e. The lowest BCUT2D eigenvalue weighted by molar-refractivity contribution is 0.453. The van der Waals surface area contributed by atoms with E-state index in [2.05, 4.69) is 27.7 Å². The van der Waals surface area contributed by atoms with E-state index in [1.165, 1.54) is 6.20 Å². The molecular weight excluding hydrogens is 176 g/mol. The van der Waals surface area contributed by atoms with Gasteiger partial charge in [-0.3, -0.25) is 4.68 Å². The molecule has 0 atom stereocenters. The van der Waals surface area contributed by atoms with Crippen molar-refractivity contribution in [1.82, 2.24) is 19.7 Å². The van der Waals surface area contributed by atoms with Gasteiger partial charge in [-0.1, -0.05) is 0 Å². The Bertz CT molecular complexity index is 438. The number of hydrogen-bond acceptors (Lipinski definition) is 5. The fourth-order valence-corrected chi connectivity index (χ4v) is 1.19. The molecule has 0 bridgehead atoms. The highest BCUT2D eigenvalue weighted by Crippen LogP contribution is 2.20. The average molecular weight is 182 g/mol. The van der Waals surface area contributed by atoms with E-state index >= 15 is 0 Å². The summed E-state index contributed by atoms with van der Waals surface area (Å²) in [5, 5.41) is 14.0. The van der Waals surface area contributed by atoms with Crippen molar-refractivity contribution >= 4 is 23.7 Å². The van der Waals surface area contributed by atoms with E-state index in [1.807, 2.05) is 0 Å². The molecule has 0 aliphatic rings. The van der Waals surface area contributed by atoms with Crippen LogP contribution in [0.1, 0.15) is 0 Å². The summed E-state index contributed by atoms with van der Waals surface area (Å²) in [6, 6.07) is 0. The highest BCUT2D eigenvalue weighted by Gasteiger charge is 2.07. The Balaban J connectivity index is 2.92. The number of hydrogen-bond donors (Lipinski definition) is 2. The third kappa shape index (κ3) is 0.918. The zero-order valence-corrected chi connectivity index (χ0v) is 7.16. The van der Waals surface area contributed by atoms with Crippen LogP contribution >= 0.6 is 12.6 Å². The summed E-state index contributed by atoms with van der Waals surface area (Å²) in [5.41, 5.74) is 0.576. The molecule has 0 unspecified atom stereocenters. The van der Waals surface area contributed by atoms with Gasteiger partial charge in [-0.15, -0.1) is 12.6 Å². The first-order chi connectivity index (χ1) is 5.68. The summed E-state index contributed by atoms with van der Waals surface area (Å²) in [7, 11) is 1.74. The summed E-state index contributed by atoms with van der Waals surface area (Å²) in [6.07, 6.45) is 1.51. The van der Waals surface area contributed by atoms with Crippen molar-refractivity contribution in [3.8, 4) is 5.88 Å². The monoisotopic (exact) mass is 182 g/mol. The lowest BCUT2D eigenvalue weighted by atomic mass is 10.4. The van der Waals surface area contributed by atoms with Crippen LogP contribution in [0, 0.1) is 0 Å². The molecule has 2 aromatic heterocycles. The van der Waals surface area contributed by atoms with Crippen molar-refractivity contribution in [3.05, 3.63) is 6.20 Å². The van der Waals surface area contributed by atoms with E-state index < -0.39 is 0 Å². The van der Waals surface area contributed by atoms with Gasteiger partial charge in [-0.25, -0.2) is 4.98 Å². The number of aromatic nitrogens is 4. The molecule has 0 amide bonds. The second kappa shape index (κ2) is 2.34. The second-order valence-corrected chi connectivity index (χ2v) is 2.75. The number of fused-ring (bicyclic) bond motifs is 1. The van der Waals surface area contributed by atoms with Crippen LogP contribution in [-0.4, -0.2) is 24.9 Å². The zero-order valence-electron chi connectivity index (χ0n) is 6.26. The van der Waals surface area contributed by atoms with E-state index in [1.54, 1.807) is 11.7 Å². The van der Waals surface area contributed by atoms with E-state index in [9.17, 15) is 5.11 Å². The van der Waals surface area contributed by atoms with E-state index in [0.717, 1.165) is 0 Å². The minimum absolute atomic E-state index is 0.0851. The van der Waals surface area contributed by atoms with Gasteiger partial charge in [0, 0.05) is 7.05 Å². The molecule has 0 fully saturated rings. The molecule has 2 rings (SSSR count). The summed E-state index contributed by atoms with van der Waals surface area (Å²) >= 11 is 3.93. The number of aryl methyl sites for hydroxylation is 1. The van der Waals surface area contributed by atoms with Crippen molar-refractivity contribution in [2.24, 2.45) is 7.05 Å². The normalized spacial score (nSPS) is 10.8. The Morgan fingerprint density at radius 3 is 3.00 bits per heavy atom. The molecule has 5 nitrogen and oxygen atoms in total. The standard InChI is InChI=1S/C6H6N4OS/c1-10-4-3(2-7-10)5(11)9-6(12)8-4/h2H,1H3,(H2,8,9,11,12). The first-order valence-electron chi connectivity index (χ1n) is 3.26. The number of aromatic hydroxyl groups is 1. The largest absolute Gasteiger partial charge is 0.493 e. The van der Waals surface area contributed by atoms with Crippen LogP contribution in [0.2, 0.25) is 0 Å². The molecular formula is C6H6N4OS. The predicted molar refractivity (Wildman–Crippen MR) is 45.2 cm³/mol. The van der Waals surface area contributed by atoms with Gasteiger partial charge < -0.3 is 5.11 Å². The van der Waals surface area contributed by atoms with Gasteiger partial charge in [0.15, 0.2) is 10.8 Å². The molecule has 0 radical (unpaired) electrons. The van der Waals surface area contributed by atoms with Gasteiger partial charge in [-0.2, -0.15) is 10.1 Å². The number of nitrogens with zero attached hydrogens (tertiary/aromatic N) is 4. The fraction of sp³-hybridized carbons (Fsp3) is 0.167. The summed E-state index contributed by atoms with van der Waals surface area (Å²) in [5.74, 6) is -0.0851. The molecule has 0 aliphatic carbocycles. The Morgan fingerprint density at radius 1 is 1.50 bits per heavy atom. The SMILES string of the molecule is Cn1ncc2c(O)nc(S)nc21. The van der Waals surface area contributed by atoms with Gasteiger partial charge in [0.25, 0.3) is 0 Å². The third-order valence-corrected chi connectivity index (χ3v) is 1.76. The maximum atomic E-state index is 9.31. The zero-order chi connectivity index (χ0) is 8.72. The minimum atomic E-state index is -0.0851. The van der Waals surface area contributed by atoms with Crippen LogP contribution < -0.4 is 0 Å².